The van der Waals surface area contributed by atoms with Crippen LogP contribution >= 0.6 is 0 Å². The van der Waals surface area contributed by atoms with Gasteiger partial charge in [0.05, 0.1) is 64.7 Å². The molecule has 1 fully saturated rings. The topological polar surface area (TPSA) is 155 Å². The van der Waals surface area contributed by atoms with Crippen molar-refractivity contribution in [2.24, 2.45) is 11.1 Å². The third-order valence-electron chi connectivity index (χ3n) is 7.12. The summed E-state index contributed by atoms with van der Waals surface area (Å²) in [6.45, 7) is 3.62. The highest BCUT2D eigenvalue weighted by Gasteiger charge is 2.51. The second-order valence-electron chi connectivity index (χ2n) is 10.9. The molecule has 3 rings (SSSR count). The highest BCUT2D eigenvalue weighted by atomic mass is 16.6. The summed E-state index contributed by atoms with van der Waals surface area (Å²) in [7, 11) is 1.62. The van der Waals surface area contributed by atoms with Gasteiger partial charge in [0.15, 0.2) is 0 Å². The van der Waals surface area contributed by atoms with E-state index in [1.54, 1.807) is 7.11 Å². The van der Waals surface area contributed by atoms with Gasteiger partial charge >= 0.3 is 5.97 Å². The standard InChI is InChI=1S/C18H21NO.C16H28NO8/c19-18(20)14-17-12-10-16(11-13-17)9-5-4-8-15-6-2-1-3-7-15;1-21-4-5-22-6-7-23-8-9-24-10-11-25-12-14(18)17-13-16(2-3-16)15(19)20/h1-3,6-7,10-13H,4-5,8-9,14H2,(H2,19,20);2-13H2,1H3,(H,17,18). The molecular weight excluding hydrogens is 580 g/mol. The van der Waals surface area contributed by atoms with Crippen molar-refractivity contribution in [3.05, 3.63) is 71.3 Å². The normalized spacial score (nSPS) is 13.0. The van der Waals surface area contributed by atoms with E-state index < -0.39 is 11.4 Å². The summed E-state index contributed by atoms with van der Waals surface area (Å²) in [6.07, 6.45) is 6.03. The number of primary amides is 1. The molecule has 1 aliphatic carbocycles. The van der Waals surface area contributed by atoms with Gasteiger partial charge < -0.3 is 34.7 Å². The van der Waals surface area contributed by atoms with Crippen LogP contribution in [-0.4, -0.2) is 90.9 Å². The minimum atomic E-state index is -1.11. The summed E-state index contributed by atoms with van der Waals surface area (Å²) in [5, 5.41) is 13.4. The number of methoxy groups -OCH3 is 1. The highest BCUT2D eigenvalue weighted by molar-refractivity contribution is 5.81. The largest absolute Gasteiger partial charge is 0.382 e. The summed E-state index contributed by atoms with van der Waals surface area (Å²) in [6, 6.07) is 18.8. The molecule has 0 atom stereocenters. The van der Waals surface area contributed by atoms with Crippen molar-refractivity contribution in [2.45, 2.75) is 44.9 Å². The number of amides is 2. The zero-order chi connectivity index (χ0) is 32.6. The molecule has 0 heterocycles. The molecule has 249 valence electrons. The van der Waals surface area contributed by atoms with Crippen molar-refractivity contribution in [2.75, 3.05) is 73.1 Å². The van der Waals surface area contributed by atoms with Crippen molar-refractivity contribution in [3.63, 3.8) is 0 Å². The molecule has 0 bridgehead atoms. The second kappa shape index (κ2) is 23.1. The maximum absolute atomic E-state index is 11.5. The van der Waals surface area contributed by atoms with Crippen molar-refractivity contribution < 1.29 is 43.2 Å². The van der Waals surface area contributed by atoms with E-state index >= 15 is 0 Å². The first kappa shape index (κ1) is 37.8. The van der Waals surface area contributed by atoms with Crippen molar-refractivity contribution in [1.29, 1.82) is 0 Å². The number of hydrogen-bond donors (Lipinski definition) is 2. The quantitative estimate of drug-likeness (QED) is 0.168. The van der Waals surface area contributed by atoms with Gasteiger partial charge in [-0.05, 0) is 55.2 Å². The van der Waals surface area contributed by atoms with E-state index in [1.807, 2.05) is 12.1 Å². The van der Waals surface area contributed by atoms with Crippen LogP contribution in [0, 0.1) is 5.41 Å². The van der Waals surface area contributed by atoms with Gasteiger partial charge in [-0.3, -0.25) is 9.59 Å². The molecule has 2 aromatic carbocycles. The predicted octanol–water partition coefficient (Wildman–Crippen LogP) is 2.83. The third-order valence-corrected chi connectivity index (χ3v) is 7.12. The lowest BCUT2D eigenvalue weighted by atomic mass is 10.0. The molecule has 3 N–H and O–H groups in total. The van der Waals surface area contributed by atoms with Crippen LogP contribution in [0.5, 0.6) is 0 Å². The van der Waals surface area contributed by atoms with Crippen LogP contribution in [0.2, 0.25) is 0 Å². The molecule has 0 spiro atoms. The molecule has 1 saturated carbocycles. The van der Waals surface area contributed by atoms with Crippen molar-refractivity contribution >= 4 is 17.8 Å². The predicted molar refractivity (Wildman–Crippen MR) is 168 cm³/mol. The maximum Gasteiger partial charge on any atom is 0.363 e. The first-order valence-corrected chi connectivity index (χ1v) is 15.5. The lowest BCUT2D eigenvalue weighted by Crippen LogP contribution is -2.36. The molecule has 11 heteroatoms. The first-order valence-electron chi connectivity index (χ1n) is 15.5. The van der Waals surface area contributed by atoms with Gasteiger partial charge in [-0.15, -0.1) is 0 Å². The lowest BCUT2D eigenvalue weighted by Gasteiger charge is -2.10. The van der Waals surface area contributed by atoms with E-state index in [0.717, 1.165) is 18.4 Å². The summed E-state index contributed by atoms with van der Waals surface area (Å²) in [5.41, 5.74) is 8.03. The third kappa shape index (κ3) is 18.3. The number of benzene rings is 2. The number of ether oxygens (including phenoxy) is 5. The average Bonchev–Trinajstić information content (AvgIpc) is 3.84. The minimum absolute atomic E-state index is 0.0978. The van der Waals surface area contributed by atoms with E-state index in [9.17, 15) is 19.5 Å². The summed E-state index contributed by atoms with van der Waals surface area (Å²) >= 11 is 0. The fourth-order valence-electron chi connectivity index (χ4n) is 4.22. The molecule has 2 aromatic rings. The number of carbonyl (C=O) groups excluding carboxylic acids is 3. The van der Waals surface area contributed by atoms with E-state index in [-0.39, 0.29) is 31.6 Å². The Bertz CT molecular complexity index is 1090. The molecule has 11 nitrogen and oxygen atoms in total. The van der Waals surface area contributed by atoms with E-state index in [4.69, 9.17) is 29.4 Å². The van der Waals surface area contributed by atoms with Crippen LogP contribution in [0.3, 0.4) is 0 Å². The van der Waals surface area contributed by atoms with Gasteiger partial charge in [0.2, 0.25) is 11.8 Å². The van der Waals surface area contributed by atoms with Gasteiger partial charge in [-0.2, -0.15) is 0 Å². The Morgan fingerprint density at radius 3 is 1.69 bits per heavy atom. The number of aryl methyl sites for hydroxylation is 2. The summed E-state index contributed by atoms with van der Waals surface area (Å²) < 4.78 is 25.8. The van der Waals surface area contributed by atoms with E-state index in [2.05, 4.69) is 47.8 Å². The van der Waals surface area contributed by atoms with Crippen LogP contribution in [0.1, 0.15) is 42.4 Å². The summed E-state index contributed by atoms with van der Waals surface area (Å²) in [5.74, 6) is -1.73. The number of hydrogen-bond acceptors (Lipinski definition) is 8. The Morgan fingerprint density at radius 2 is 1.20 bits per heavy atom. The highest BCUT2D eigenvalue weighted by Crippen LogP contribution is 2.45. The number of unbranched alkanes of at least 4 members (excludes halogenated alkanes) is 1. The maximum atomic E-state index is 11.5. The van der Waals surface area contributed by atoms with Gasteiger partial charge in [-0.25, -0.2) is 9.90 Å². The number of carbonyl (C=O) groups is 3. The zero-order valence-electron chi connectivity index (χ0n) is 26.5. The van der Waals surface area contributed by atoms with Crippen LogP contribution in [-0.2, 0) is 62.4 Å². The molecule has 0 aliphatic heterocycles. The number of rotatable bonds is 24. The van der Waals surface area contributed by atoms with Crippen LogP contribution in [0.4, 0.5) is 0 Å². The van der Waals surface area contributed by atoms with Crippen LogP contribution in [0.25, 0.3) is 0 Å². The fourth-order valence-corrected chi connectivity index (χ4v) is 4.22. The first-order chi connectivity index (χ1) is 21.8. The Balaban J connectivity index is 0.000000320. The molecule has 1 radical (unpaired) electrons. The molecule has 45 heavy (non-hydrogen) atoms. The smallest absolute Gasteiger partial charge is 0.363 e. The molecule has 0 aromatic heterocycles. The minimum Gasteiger partial charge on any atom is -0.382 e. The van der Waals surface area contributed by atoms with Crippen molar-refractivity contribution in [3.8, 4) is 0 Å². The average molecular weight is 630 g/mol. The number of nitrogens with one attached hydrogen (secondary N) is 1. The van der Waals surface area contributed by atoms with E-state index in [0.29, 0.717) is 65.5 Å². The Morgan fingerprint density at radius 1 is 0.711 bits per heavy atom. The van der Waals surface area contributed by atoms with Gasteiger partial charge in [0, 0.05) is 13.7 Å². The molecular formula is C34H49N2O9. The van der Waals surface area contributed by atoms with Gasteiger partial charge in [0.25, 0.3) is 0 Å². The Labute approximate surface area is 266 Å². The summed E-state index contributed by atoms with van der Waals surface area (Å²) in [4.78, 5) is 33.2. The SMILES string of the molecule is COCCOCCOCCOCCOCC(=O)NCC1(C([O])=O)CC1.NC(=O)Cc1ccc(CCCCc2ccccc2)cc1. The molecule has 0 unspecified atom stereocenters. The zero-order valence-corrected chi connectivity index (χ0v) is 26.5. The van der Waals surface area contributed by atoms with Gasteiger partial charge in [-0.1, -0.05) is 54.6 Å². The number of nitrogens with two attached hydrogens (primary N) is 1. The Kier molecular flexibility index (Phi) is 19.4. The van der Waals surface area contributed by atoms with Crippen LogP contribution < -0.4 is 11.1 Å². The lowest BCUT2D eigenvalue weighted by molar-refractivity contribution is -0.149. The molecule has 2 amide bonds. The Hall–Kier alpha value is -3.35. The second-order valence-corrected chi connectivity index (χ2v) is 10.9. The molecule has 1 aliphatic rings. The van der Waals surface area contributed by atoms with E-state index in [1.165, 1.54) is 24.0 Å². The van der Waals surface area contributed by atoms with Crippen molar-refractivity contribution in [1.82, 2.24) is 5.32 Å². The fraction of sp³-hybridized carbons (Fsp3) is 0.559. The van der Waals surface area contributed by atoms with Gasteiger partial charge in [0.1, 0.15) is 6.61 Å². The van der Waals surface area contributed by atoms with Crippen LogP contribution in [0.15, 0.2) is 54.6 Å². The monoisotopic (exact) mass is 629 g/mol. The molecule has 0 saturated heterocycles.